The van der Waals surface area contributed by atoms with Crippen molar-refractivity contribution >= 4 is 27.3 Å². The van der Waals surface area contributed by atoms with E-state index in [1.54, 1.807) is 0 Å². The van der Waals surface area contributed by atoms with Gasteiger partial charge in [-0.15, -0.1) is 11.3 Å². The van der Waals surface area contributed by atoms with Crippen LogP contribution in [0.15, 0.2) is 9.85 Å². The maximum absolute atomic E-state index is 5.83. The van der Waals surface area contributed by atoms with Crippen LogP contribution in [0.5, 0.6) is 0 Å². The molecule has 2 nitrogen and oxygen atoms in total. The van der Waals surface area contributed by atoms with Gasteiger partial charge in [0.05, 0.1) is 16.0 Å². The van der Waals surface area contributed by atoms with E-state index in [0.717, 1.165) is 6.54 Å². The molecule has 0 aliphatic carbocycles. The van der Waals surface area contributed by atoms with Crippen molar-refractivity contribution in [3.8, 4) is 0 Å². The highest BCUT2D eigenvalue weighted by Gasteiger charge is 2.40. The van der Waals surface area contributed by atoms with Crippen LogP contribution in [0.2, 0.25) is 0 Å². The summed E-state index contributed by atoms with van der Waals surface area (Å²) in [6.45, 7) is 3.12. The van der Waals surface area contributed by atoms with Crippen molar-refractivity contribution in [1.82, 2.24) is 5.32 Å². The Balaban J connectivity index is 1.57. The lowest BCUT2D eigenvalue weighted by molar-refractivity contribution is 0.0973. The van der Waals surface area contributed by atoms with Crippen molar-refractivity contribution < 1.29 is 4.74 Å². The molecule has 88 valence electrons. The Morgan fingerprint density at radius 2 is 2.44 bits per heavy atom. The van der Waals surface area contributed by atoms with Gasteiger partial charge in [-0.3, -0.25) is 0 Å². The van der Waals surface area contributed by atoms with E-state index in [0.29, 0.717) is 18.2 Å². The summed E-state index contributed by atoms with van der Waals surface area (Å²) in [5, 5.41) is 3.63. The predicted octanol–water partition coefficient (Wildman–Crippen LogP) is 3.23. The van der Waals surface area contributed by atoms with E-state index < -0.39 is 0 Å². The molecule has 1 N–H and O–H groups in total. The van der Waals surface area contributed by atoms with Crippen molar-refractivity contribution in [3.63, 3.8) is 0 Å². The van der Waals surface area contributed by atoms with Gasteiger partial charge in [-0.1, -0.05) is 0 Å². The van der Waals surface area contributed by atoms with Gasteiger partial charge in [-0.2, -0.15) is 0 Å². The van der Waals surface area contributed by atoms with Crippen molar-refractivity contribution in [2.24, 2.45) is 0 Å². The molecule has 0 radical (unpaired) electrons. The Morgan fingerprint density at radius 1 is 1.56 bits per heavy atom. The van der Waals surface area contributed by atoms with Gasteiger partial charge in [0.25, 0.3) is 0 Å². The number of thiophene rings is 1. The molecule has 16 heavy (non-hydrogen) atoms. The lowest BCUT2D eigenvalue weighted by Crippen LogP contribution is -2.36. The lowest BCUT2D eigenvalue weighted by atomic mass is 9.95. The summed E-state index contributed by atoms with van der Waals surface area (Å²) in [5.74, 6) is 0. The SMILES string of the molecule is Cc1cc(CNC2CC3CCC2O3)sc1Br. The third kappa shape index (κ3) is 2.08. The number of hydrogen-bond acceptors (Lipinski definition) is 3. The summed E-state index contributed by atoms with van der Waals surface area (Å²) in [6, 6.07) is 2.84. The third-order valence-corrected chi connectivity index (χ3v) is 5.69. The zero-order chi connectivity index (χ0) is 11.1. The standard InChI is InChI=1S/C12H16BrNOS/c1-7-4-9(16-12(7)13)6-14-10-5-8-2-3-11(10)15-8/h4,8,10-11,14H,2-3,5-6H2,1H3. The first-order valence-corrected chi connectivity index (χ1v) is 7.47. The topological polar surface area (TPSA) is 21.3 Å². The minimum Gasteiger partial charge on any atom is -0.373 e. The molecule has 4 heteroatoms. The third-order valence-electron chi connectivity index (χ3n) is 3.55. The van der Waals surface area contributed by atoms with Gasteiger partial charge in [0.2, 0.25) is 0 Å². The van der Waals surface area contributed by atoms with Crippen molar-refractivity contribution in [2.75, 3.05) is 0 Å². The van der Waals surface area contributed by atoms with Gasteiger partial charge >= 0.3 is 0 Å². The highest BCUT2D eigenvalue weighted by Crippen LogP contribution is 2.35. The normalized spacial score (nSPS) is 32.5. The second-order valence-electron chi connectivity index (χ2n) is 4.77. The Labute approximate surface area is 109 Å². The molecule has 0 spiro atoms. The van der Waals surface area contributed by atoms with Gasteiger partial charge in [-0.05, 0) is 53.7 Å². The maximum atomic E-state index is 5.83. The quantitative estimate of drug-likeness (QED) is 0.925. The first-order chi connectivity index (χ1) is 7.72. The van der Waals surface area contributed by atoms with Crippen LogP contribution in [-0.4, -0.2) is 18.2 Å². The second kappa shape index (κ2) is 4.41. The van der Waals surface area contributed by atoms with Crippen LogP contribution >= 0.6 is 27.3 Å². The number of aryl methyl sites for hydroxylation is 1. The molecule has 0 saturated carbocycles. The molecule has 2 saturated heterocycles. The second-order valence-corrected chi connectivity index (χ2v) is 7.22. The van der Waals surface area contributed by atoms with Gasteiger partial charge in [-0.25, -0.2) is 0 Å². The number of ether oxygens (including phenoxy) is 1. The number of nitrogens with one attached hydrogen (secondary N) is 1. The van der Waals surface area contributed by atoms with Crippen LogP contribution in [0, 0.1) is 6.92 Å². The van der Waals surface area contributed by atoms with Gasteiger partial charge in [0, 0.05) is 17.5 Å². The van der Waals surface area contributed by atoms with Gasteiger partial charge in [0.1, 0.15) is 0 Å². The van der Waals surface area contributed by atoms with E-state index in [2.05, 4.69) is 34.2 Å². The fourth-order valence-corrected chi connectivity index (χ4v) is 4.27. The predicted molar refractivity (Wildman–Crippen MR) is 69.9 cm³/mol. The zero-order valence-electron chi connectivity index (χ0n) is 9.33. The minimum atomic E-state index is 0.481. The zero-order valence-corrected chi connectivity index (χ0v) is 11.7. The van der Waals surface area contributed by atoms with E-state index in [-0.39, 0.29) is 0 Å². The van der Waals surface area contributed by atoms with Crippen LogP contribution in [0.3, 0.4) is 0 Å². The van der Waals surface area contributed by atoms with E-state index >= 15 is 0 Å². The Morgan fingerprint density at radius 3 is 3.00 bits per heavy atom. The van der Waals surface area contributed by atoms with Crippen LogP contribution in [0.1, 0.15) is 29.7 Å². The minimum absolute atomic E-state index is 0.481. The van der Waals surface area contributed by atoms with Crippen molar-refractivity contribution in [3.05, 3.63) is 20.3 Å². The van der Waals surface area contributed by atoms with Crippen LogP contribution in [0.25, 0.3) is 0 Å². The average Bonchev–Trinajstić information content (AvgIpc) is 2.92. The molecule has 2 fully saturated rings. The van der Waals surface area contributed by atoms with Crippen LogP contribution in [0.4, 0.5) is 0 Å². The smallest absolute Gasteiger partial charge is 0.0733 e. The summed E-state index contributed by atoms with van der Waals surface area (Å²) in [4.78, 5) is 1.41. The molecule has 3 rings (SSSR count). The number of hydrogen-bond donors (Lipinski definition) is 1. The molecule has 3 heterocycles. The highest BCUT2D eigenvalue weighted by atomic mass is 79.9. The molecule has 1 aromatic rings. The van der Waals surface area contributed by atoms with Gasteiger partial charge < -0.3 is 10.1 Å². The molecule has 3 atom stereocenters. The molecule has 3 unspecified atom stereocenters. The maximum Gasteiger partial charge on any atom is 0.0733 e. The lowest BCUT2D eigenvalue weighted by Gasteiger charge is -2.19. The monoisotopic (exact) mass is 301 g/mol. The molecular weight excluding hydrogens is 286 g/mol. The molecular formula is C12H16BrNOS. The fourth-order valence-electron chi connectivity index (χ4n) is 2.69. The van der Waals surface area contributed by atoms with Crippen LogP contribution in [-0.2, 0) is 11.3 Å². The summed E-state index contributed by atoms with van der Waals surface area (Å²) in [5.41, 5.74) is 1.34. The Hall–Kier alpha value is 0.100. The molecule has 1 aromatic heterocycles. The molecule has 0 aromatic carbocycles. The van der Waals surface area contributed by atoms with Crippen LogP contribution < -0.4 is 5.32 Å². The molecule has 2 aliphatic heterocycles. The Kier molecular flexibility index (Phi) is 3.09. The fraction of sp³-hybridized carbons (Fsp3) is 0.667. The average molecular weight is 302 g/mol. The Bertz CT molecular complexity index is 373. The highest BCUT2D eigenvalue weighted by molar-refractivity contribution is 9.11. The number of fused-ring (bicyclic) bond motifs is 2. The first kappa shape index (κ1) is 11.2. The summed E-state index contributed by atoms with van der Waals surface area (Å²) < 4.78 is 7.09. The van der Waals surface area contributed by atoms with E-state index in [1.165, 1.54) is 33.5 Å². The van der Waals surface area contributed by atoms with E-state index in [1.807, 2.05) is 11.3 Å². The first-order valence-electron chi connectivity index (χ1n) is 5.86. The van der Waals surface area contributed by atoms with E-state index in [4.69, 9.17) is 4.74 Å². The summed E-state index contributed by atoms with van der Waals surface area (Å²) >= 11 is 5.40. The summed E-state index contributed by atoms with van der Waals surface area (Å²) in [6.07, 6.45) is 4.74. The van der Waals surface area contributed by atoms with E-state index in [9.17, 15) is 0 Å². The summed E-state index contributed by atoms with van der Waals surface area (Å²) in [7, 11) is 0. The van der Waals surface area contributed by atoms with Gasteiger partial charge in [0.15, 0.2) is 0 Å². The molecule has 2 aliphatic rings. The number of halogens is 1. The largest absolute Gasteiger partial charge is 0.373 e. The van der Waals surface area contributed by atoms with Crippen molar-refractivity contribution in [2.45, 2.75) is 51.0 Å². The number of rotatable bonds is 3. The molecule has 0 amide bonds. The van der Waals surface area contributed by atoms with Crippen molar-refractivity contribution in [1.29, 1.82) is 0 Å². The molecule has 2 bridgehead atoms.